The molecule has 4 rings (SSSR count). The van der Waals surface area contributed by atoms with Crippen molar-refractivity contribution in [3.8, 4) is 5.75 Å². The van der Waals surface area contributed by atoms with Crippen molar-refractivity contribution < 1.29 is 17.9 Å². The second kappa shape index (κ2) is 9.93. The van der Waals surface area contributed by atoms with E-state index in [0.29, 0.717) is 11.4 Å². The molecule has 4 aromatic rings. The Hall–Kier alpha value is -3.91. The minimum Gasteiger partial charge on any atom is -0.484 e. The van der Waals surface area contributed by atoms with Crippen LogP contribution in [-0.2, 0) is 14.8 Å². The van der Waals surface area contributed by atoms with Crippen LogP contribution in [0, 0.1) is 0 Å². The van der Waals surface area contributed by atoms with E-state index in [9.17, 15) is 13.2 Å². The summed E-state index contributed by atoms with van der Waals surface area (Å²) in [6, 6.07) is 24.5. The summed E-state index contributed by atoms with van der Waals surface area (Å²) in [5.41, 5.74) is 1.24. The first-order valence-electron chi connectivity index (χ1n) is 10.8. The molecular formula is C26H25N3O4S. The SMILES string of the molecule is CC(NC(=O)COc1ccc(N(C)S(=O)(=O)c2ccc3ccccc3c2)cc1)c1ccccn1. The molecule has 0 radical (unpaired) electrons. The van der Waals surface area contributed by atoms with Crippen LogP contribution in [0.5, 0.6) is 5.75 Å². The molecule has 0 saturated carbocycles. The smallest absolute Gasteiger partial charge is 0.264 e. The van der Waals surface area contributed by atoms with Crippen LogP contribution in [0.1, 0.15) is 18.7 Å². The first kappa shape index (κ1) is 23.3. The van der Waals surface area contributed by atoms with E-state index in [2.05, 4.69) is 10.3 Å². The fourth-order valence-electron chi connectivity index (χ4n) is 3.52. The largest absolute Gasteiger partial charge is 0.484 e. The zero-order valence-corrected chi connectivity index (χ0v) is 19.7. The molecule has 1 amide bonds. The fourth-order valence-corrected chi connectivity index (χ4v) is 4.75. The Morgan fingerprint density at radius 3 is 2.38 bits per heavy atom. The molecule has 0 spiro atoms. The Balaban J connectivity index is 1.38. The van der Waals surface area contributed by atoms with Gasteiger partial charge in [-0.2, -0.15) is 0 Å². The van der Waals surface area contributed by atoms with E-state index in [-0.39, 0.29) is 23.5 Å². The molecular weight excluding hydrogens is 450 g/mol. The van der Waals surface area contributed by atoms with Gasteiger partial charge in [0, 0.05) is 13.2 Å². The molecule has 1 unspecified atom stereocenters. The average molecular weight is 476 g/mol. The standard InChI is InChI=1S/C26H25N3O4S/c1-19(25-9-5-6-16-27-25)28-26(30)18-33-23-13-11-22(12-14-23)29(2)34(31,32)24-15-10-20-7-3-4-8-21(20)17-24/h3-17,19H,18H2,1-2H3,(H,28,30). The maximum atomic E-state index is 13.1. The van der Waals surface area contributed by atoms with Crippen LogP contribution in [0.2, 0.25) is 0 Å². The molecule has 0 aliphatic rings. The van der Waals surface area contributed by atoms with Crippen molar-refractivity contribution in [1.29, 1.82) is 0 Å². The molecule has 8 heteroatoms. The molecule has 7 nitrogen and oxygen atoms in total. The third kappa shape index (κ3) is 5.18. The van der Waals surface area contributed by atoms with Crippen molar-refractivity contribution in [2.24, 2.45) is 0 Å². The van der Waals surface area contributed by atoms with Gasteiger partial charge in [-0.25, -0.2) is 8.42 Å². The highest BCUT2D eigenvalue weighted by Gasteiger charge is 2.21. The van der Waals surface area contributed by atoms with E-state index in [4.69, 9.17) is 4.74 Å². The number of hydrogen-bond acceptors (Lipinski definition) is 5. The number of sulfonamides is 1. The monoisotopic (exact) mass is 475 g/mol. The number of rotatable bonds is 8. The lowest BCUT2D eigenvalue weighted by atomic mass is 10.1. The number of ether oxygens (including phenoxy) is 1. The van der Waals surface area contributed by atoms with E-state index in [0.717, 1.165) is 16.5 Å². The highest BCUT2D eigenvalue weighted by Crippen LogP contribution is 2.26. The number of benzene rings is 3. The average Bonchev–Trinajstić information content (AvgIpc) is 2.87. The van der Waals surface area contributed by atoms with E-state index in [1.54, 1.807) is 48.7 Å². The zero-order valence-electron chi connectivity index (χ0n) is 18.9. The van der Waals surface area contributed by atoms with Crippen molar-refractivity contribution in [3.05, 3.63) is 96.8 Å². The molecule has 34 heavy (non-hydrogen) atoms. The summed E-state index contributed by atoms with van der Waals surface area (Å²) in [4.78, 5) is 16.6. The van der Waals surface area contributed by atoms with Crippen molar-refractivity contribution >= 4 is 32.4 Å². The molecule has 3 aromatic carbocycles. The van der Waals surface area contributed by atoms with Crippen molar-refractivity contribution in [2.45, 2.75) is 17.9 Å². The lowest BCUT2D eigenvalue weighted by molar-refractivity contribution is -0.123. The third-order valence-corrected chi connectivity index (χ3v) is 7.24. The number of anilines is 1. The number of fused-ring (bicyclic) bond motifs is 1. The summed E-state index contributed by atoms with van der Waals surface area (Å²) in [6.45, 7) is 1.68. The Kier molecular flexibility index (Phi) is 6.79. The van der Waals surface area contributed by atoms with Crippen molar-refractivity contribution in [1.82, 2.24) is 10.3 Å². The predicted octanol–water partition coefficient (Wildman–Crippen LogP) is 4.32. The number of pyridine rings is 1. The number of carbonyl (C=O) groups is 1. The topological polar surface area (TPSA) is 88.6 Å². The Morgan fingerprint density at radius 1 is 0.971 bits per heavy atom. The summed E-state index contributed by atoms with van der Waals surface area (Å²) in [7, 11) is -2.23. The molecule has 0 aliphatic heterocycles. The van der Waals surface area contributed by atoms with E-state index < -0.39 is 10.0 Å². The Labute approximate surface area is 199 Å². The summed E-state index contributed by atoms with van der Waals surface area (Å²) >= 11 is 0. The van der Waals surface area contributed by atoms with Crippen molar-refractivity contribution in [3.63, 3.8) is 0 Å². The summed E-state index contributed by atoms with van der Waals surface area (Å²) < 4.78 is 33.0. The van der Waals surface area contributed by atoms with Crippen LogP contribution >= 0.6 is 0 Å². The number of nitrogens with zero attached hydrogens (tertiary/aromatic N) is 2. The van der Waals surface area contributed by atoms with Crippen molar-refractivity contribution in [2.75, 3.05) is 18.0 Å². The van der Waals surface area contributed by atoms with Gasteiger partial charge in [0.25, 0.3) is 15.9 Å². The van der Waals surface area contributed by atoms with Crippen LogP contribution < -0.4 is 14.4 Å². The number of amides is 1. The third-order valence-electron chi connectivity index (χ3n) is 5.46. The maximum Gasteiger partial charge on any atom is 0.264 e. The highest BCUT2D eigenvalue weighted by molar-refractivity contribution is 7.92. The molecule has 0 aliphatic carbocycles. The predicted molar refractivity (Wildman–Crippen MR) is 132 cm³/mol. The van der Waals surface area contributed by atoms with Gasteiger partial charge < -0.3 is 10.1 Å². The molecule has 0 fully saturated rings. The second-order valence-electron chi connectivity index (χ2n) is 7.81. The Bertz CT molecular complexity index is 1390. The lowest BCUT2D eigenvalue weighted by Crippen LogP contribution is -2.31. The van der Waals surface area contributed by atoms with Crippen LogP contribution in [-0.4, -0.2) is 33.0 Å². The quantitative estimate of drug-likeness (QED) is 0.410. The minimum absolute atomic E-state index is 0.165. The van der Waals surface area contributed by atoms with Gasteiger partial charge in [0.1, 0.15) is 5.75 Å². The summed E-state index contributed by atoms with van der Waals surface area (Å²) in [6.07, 6.45) is 1.67. The molecule has 1 N–H and O–H groups in total. The molecule has 1 atom stereocenters. The first-order valence-corrected chi connectivity index (χ1v) is 12.2. The van der Waals surface area contributed by atoms with Crippen LogP contribution in [0.3, 0.4) is 0 Å². The zero-order chi connectivity index (χ0) is 24.1. The number of nitrogens with one attached hydrogen (secondary N) is 1. The normalized spacial score (nSPS) is 12.2. The van der Waals surface area contributed by atoms with Gasteiger partial charge >= 0.3 is 0 Å². The highest BCUT2D eigenvalue weighted by atomic mass is 32.2. The Morgan fingerprint density at radius 2 is 1.68 bits per heavy atom. The van der Waals surface area contributed by atoms with Gasteiger partial charge in [0.2, 0.25) is 0 Å². The number of aromatic nitrogens is 1. The second-order valence-corrected chi connectivity index (χ2v) is 9.78. The molecule has 174 valence electrons. The fraction of sp³-hybridized carbons (Fsp3) is 0.154. The van der Waals surface area contributed by atoms with Gasteiger partial charge in [-0.1, -0.05) is 36.4 Å². The molecule has 0 bridgehead atoms. The lowest BCUT2D eigenvalue weighted by Gasteiger charge is -2.20. The van der Waals surface area contributed by atoms with Crippen LogP contribution in [0.4, 0.5) is 5.69 Å². The maximum absolute atomic E-state index is 13.1. The molecule has 1 aromatic heterocycles. The molecule has 1 heterocycles. The van der Waals surface area contributed by atoms with Gasteiger partial charge in [-0.05, 0) is 66.2 Å². The van der Waals surface area contributed by atoms with Crippen LogP contribution in [0.25, 0.3) is 10.8 Å². The van der Waals surface area contributed by atoms with E-state index >= 15 is 0 Å². The van der Waals surface area contributed by atoms with Gasteiger partial charge in [-0.3, -0.25) is 14.1 Å². The number of carbonyl (C=O) groups excluding carboxylic acids is 1. The van der Waals surface area contributed by atoms with E-state index in [1.807, 2.05) is 49.4 Å². The van der Waals surface area contributed by atoms with Gasteiger partial charge in [0.15, 0.2) is 6.61 Å². The van der Waals surface area contributed by atoms with Gasteiger partial charge in [-0.15, -0.1) is 0 Å². The summed E-state index contributed by atoms with van der Waals surface area (Å²) in [5.74, 6) is 0.180. The van der Waals surface area contributed by atoms with E-state index in [1.165, 1.54) is 11.4 Å². The first-order chi connectivity index (χ1) is 16.3. The molecule has 0 saturated heterocycles. The van der Waals surface area contributed by atoms with Crippen LogP contribution in [0.15, 0.2) is 96.0 Å². The summed E-state index contributed by atoms with van der Waals surface area (Å²) in [5, 5.41) is 4.67. The minimum atomic E-state index is -3.74. The number of hydrogen-bond donors (Lipinski definition) is 1. The van der Waals surface area contributed by atoms with Gasteiger partial charge in [0.05, 0.1) is 22.3 Å².